The number of nitrogens with zero attached hydrogens (tertiary/aromatic N) is 3. The summed E-state index contributed by atoms with van der Waals surface area (Å²) in [6.45, 7) is 4.36. The fourth-order valence-corrected chi connectivity index (χ4v) is 3.66. The number of aromatic nitrogens is 4. The highest BCUT2D eigenvalue weighted by Crippen LogP contribution is 2.35. The first-order valence-electron chi connectivity index (χ1n) is 7.51. The van der Waals surface area contributed by atoms with E-state index in [-0.39, 0.29) is 0 Å². The second kappa shape index (κ2) is 5.66. The lowest BCUT2D eigenvalue weighted by Crippen LogP contribution is -2.42. The summed E-state index contributed by atoms with van der Waals surface area (Å²) in [4.78, 5) is 7.67. The zero-order chi connectivity index (χ0) is 14.9. The van der Waals surface area contributed by atoms with Gasteiger partial charge in [0.05, 0.1) is 11.3 Å². The second-order valence-corrected chi connectivity index (χ2v) is 6.70. The molecule has 0 bridgehead atoms. The zero-order valence-electron chi connectivity index (χ0n) is 12.3. The third-order valence-corrected chi connectivity index (χ3v) is 4.82. The standard InChI is InChI=1S/C15H18N6S/c1-9-4-10(6-16-5-9)20-13-11-2-3-17-14(11)18-7-12(13)15-21-19-8-22-15/h2-3,7-10,16H,4-6H2,1H3,(H2,17,18,20)/t9-,10+/m0/s1. The van der Waals surface area contributed by atoms with Gasteiger partial charge in [-0.3, -0.25) is 0 Å². The zero-order valence-corrected chi connectivity index (χ0v) is 13.2. The summed E-state index contributed by atoms with van der Waals surface area (Å²) in [5, 5.41) is 17.4. The highest BCUT2D eigenvalue weighted by atomic mass is 32.1. The predicted molar refractivity (Wildman–Crippen MR) is 89.1 cm³/mol. The van der Waals surface area contributed by atoms with Gasteiger partial charge in [-0.2, -0.15) is 0 Å². The van der Waals surface area contributed by atoms with E-state index in [1.165, 1.54) is 11.3 Å². The average molecular weight is 314 g/mol. The minimum absolute atomic E-state index is 0.413. The molecule has 0 radical (unpaired) electrons. The summed E-state index contributed by atoms with van der Waals surface area (Å²) in [7, 11) is 0. The second-order valence-electron chi connectivity index (χ2n) is 5.87. The van der Waals surface area contributed by atoms with Gasteiger partial charge in [-0.15, -0.1) is 10.2 Å². The Hall–Kier alpha value is -1.99. The molecule has 0 aliphatic carbocycles. The number of piperidine rings is 1. The van der Waals surface area contributed by atoms with E-state index >= 15 is 0 Å². The van der Waals surface area contributed by atoms with Gasteiger partial charge in [0.1, 0.15) is 11.2 Å². The van der Waals surface area contributed by atoms with E-state index in [0.717, 1.165) is 46.8 Å². The third-order valence-electron chi connectivity index (χ3n) is 4.10. The summed E-state index contributed by atoms with van der Waals surface area (Å²) >= 11 is 1.54. The molecule has 3 aromatic rings. The fourth-order valence-electron chi connectivity index (χ4n) is 3.09. The van der Waals surface area contributed by atoms with E-state index in [0.29, 0.717) is 12.0 Å². The smallest absolute Gasteiger partial charge is 0.151 e. The van der Waals surface area contributed by atoms with Crippen LogP contribution in [0.15, 0.2) is 24.0 Å². The molecule has 3 N–H and O–H groups in total. The van der Waals surface area contributed by atoms with Crippen molar-refractivity contribution in [1.82, 2.24) is 25.5 Å². The number of rotatable bonds is 3. The van der Waals surface area contributed by atoms with Gasteiger partial charge in [-0.05, 0) is 24.9 Å². The first-order chi connectivity index (χ1) is 10.8. The van der Waals surface area contributed by atoms with Crippen molar-refractivity contribution in [2.45, 2.75) is 19.4 Å². The van der Waals surface area contributed by atoms with Crippen LogP contribution in [0.2, 0.25) is 0 Å². The van der Waals surface area contributed by atoms with Crippen LogP contribution in [0.4, 0.5) is 5.69 Å². The Labute approximate surface area is 132 Å². The van der Waals surface area contributed by atoms with E-state index in [9.17, 15) is 0 Å². The van der Waals surface area contributed by atoms with Crippen molar-refractivity contribution < 1.29 is 0 Å². The molecule has 0 saturated carbocycles. The molecule has 6 nitrogen and oxygen atoms in total. The van der Waals surface area contributed by atoms with Gasteiger partial charge in [0.2, 0.25) is 0 Å². The molecule has 1 saturated heterocycles. The first-order valence-corrected chi connectivity index (χ1v) is 8.39. The molecule has 1 aliphatic rings. The Morgan fingerprint density at radius 3 is 3.14 bits per heavy atom. The van der Waals surface area contributed by atoms with Crippen LogP contribution in [0.3, 0.4) is 0 Å². The van der Waals surface area contributed by atoms with E-state index < -0.39 is 0 Å². The van der Waals surface area contributed by atoms with E-state index in [1.807, 2.05) is 12.4 Å². The Morgan fingerprint density at radius 2 is 2.32 bits per heavy atom. The van der Waals surface area contributed by atoms with Crippen molar-refractivity contribution in [2.24, 2.45) is 5.92 Å². The quantitative estimate of drug-likeness (QED) is 0.692. The van der Waals surface area contributed by atoms with Crippen molar-refractivity contribution in [2.75, 3.05) is 18.4 Å². The van der Waals surface area contributed by atoms with Gasteiger partial charge in [0.15, 0.2) is 5.01 Å². The fraction of sp³-hybridized carbons (Fsp3) is 0.400. The van der Waals surface area contributed by atoms with Crippen LogP contribution in [0, 0.1) is 5.92 Å². The van der Waals surface area contributed by atoms with Gasteiger partial charge in [0, 0.05) is 30.4 Å². The van der Waals surface area contributed by atoms with Crippen molar-refractivity contribution in [3.8, 4) is 10.6 Å². The monoisotopic (exact) mass is 314 g/mol. The SMILES string of the molecule is C[C@@H]1CNC[C@H](Nc2c(-c3nncs3)cnc3[nH]ccc23)C1. The molecule has 3 aromatic heterocycles. The Morgan fingerprint density at radius 1 is 1.36 bits per heavy atom. The molecular formula is C15H18N6S. The molecule has 22 heavy (non-hydrogen) atoms. The number of anilines is 1. The lowest BCUT2D eigenvalue weighted by molar-refractivity contribution is 0.378. The average Bonchev–Trinajstić information content (AvgIpc) is 3.19. The number of aromatic amines is 1. The summed E-state index contributed by atoms with van der Waals surface area (Å²) < 4.78 is 0. The van der Waals surface area contributed by atoms with Gasteiger partial charge in [0.25, 0.3) is 0 Å². The van der Waals surface area contributed by atoms with Crippen LogP contribution in [0.25, 0.3) is 21.6 Å². The van der Waals surface area contributed by atoms with Crippen LogP contribution in [0.1, 0.15) is 13.3 Å². The molecule has 4 rings (SSSR count). The topological polar surface area (TPSA) is 78.5 Å². The molecule has 0 unspecified atom stereocenters. The number of hydrogen-bond donors (Lipinski definition) is 3. The van der Waals surface area contributed by atoms with Crippen molar-refractivity contribution >= 4 is 28.1 Å². The van der Waals surface area contributed by atoms with Crippen LogP contribution in [-0.4, -0.2) is 39.3 Å². The van der Waals surface area contributed by atoms with E-state index in [1.54, 1.807) is 5.51 Å². The number of H-pyrrole nitrogens is 1. The number of pyridine rings is 1. The summed E-state index contributed by atoms with van der Waals surface area (Å²) in [5.74, 6) is 0.680. The van der Waals surface area contributed by atoms with Crippen molar-refractivity contribution in [1.29, 1.82) is 0 Å². The number of nitrogens with one attached hydrogen (secondary N) is 3. The van der Waals surface area contributed by atoms with Crippen LogP contribution >= 0.6 is 11.3 Å². The first kappa shape index (κ1) is 13.7. The van der Waals surface area contributed by atoms with Crippen molar-refractivity contribution in [3.05, 3.63) is 24.0 Å². The van der Waals surface area contributed by atoms with Gasteiger partial charge >= 0.3 is 0 Å². The Kier molecular flexibility index (Phi) is 3.51. The van der Waals surface area contributed by atoms with Crippen molar-refractivity contribution in [3.63, 3.8) is 0 Å². The van der Waals surface area contributed by atoms with Gasteiger partial charge < -0.3 is 15.6 Å². The molecule has 0 amide bonds. The van der Waals surface area contributed by atoms with Crippen LogP contribution < -0.4 is 10.6 Å². The normalized spacial score (nSPS) is 22.0. The number of fused-ring (bicyclic) bond motifs is 1. The summed E-state index contributed by atoms with van der Waals surface area (Å²) in [5.41, 5.74) is 4.77. The van der Waals surface area contributed by atoms with E-state index in [2.05, 4.69) is 43.8 Å². The lowest BCUT2D eigenvalue weighted by Gasteiger charge is -2.30. The lowest BCUT2D eigenvalue weighted by atomic mass is 9.97. The van der Waals surface area contributed by atoms with Gasteiger partial charge in [-0.25, -0.2) is 4.98 Å². The molecule has 4 heterocycles. The van der Waals surface area contributed by atoms with Gasteiger partial charge in [-0.1, -0.05) is 18.3 Å². The predicted octanol–water partition coefficient (Wildman–Crippen LogP) is 2.49. The number of hydrogen-bond acceptors (Lipinski definition) is 6. The maximum absolute atomic E-state index is 4.49. The Balaban J connectivity index is 1.76. The molecule has 2 atom stereocenters. The maximum atomic E-state index is 4.49. The maximum Gasteiger partial charge on any atom is 0.151 e. The molecular weight excluding hydrogens is 296 g/mol. The highest BCUT2D eigenvalue weighted by Gasteiger charge is 2.21. The minimum Gasteiger partial charge on any atom is -0.380 e. The molecule has 1 fully saturated rings. The summed E-state index contributed by atoms with van der Waals surface area (Å²) in [6, 6.07) is 2.48. The molecule has 1 aliphatic heterocycles. The molecule has 0 spiro atoms. The third kappa shape index (κ3) is 2.46. The molecule has 0 aromatic carbocycles. The van der Waals surface area contributed by atoms with E-state index in [4.69, 9.17) is 0 Å². The minimum atomic E-state index is 0.413. The summed E-state index contributed by atoms with van der Waals surface area (Å²) in [6.07, 6.45) is 4.96. The molecule has 7 heteroatoms. The van der Waals surface area contributed by atoms with Crippen LogP contribution in [0.5, 0.6) is 0 Å². The van der Waals surface area contributed by atoms with Crippen LogP contribution in [-0.2, 0) is 0 Å². The largest absolute Gasteiger partial charge is 0.380 e. The highest BCUT2D eigenvalue weighted by molar-refractivity contribution is 7.12. The molecule has 114 valence electrons. The Bertz CT molecular complexity index is 766.